The fourth-order valence-corrected chi connectivity index (χ4v) is 4.29. The summed E-state index contributed by atoms with van der Waals surface area (Å²) in [6.07, 6.45) is 9.41. The zero-order chi connectivity index (χ0) is 14.9. The molecule has 122 valence electrons. The van der Waals surface area contributed by atoms with Gasteiger partial charge in [-0.05, 0) is 62.8 Å². The van der Waals surface area contributed by atoms with Gasteiger partial charge in [-0.25, -0.2) is 0 Å². The van der Waals surface area contributed by atoms with Crippen LogP contribution in [-0.4, -0.2) is 48.3 Å². The molecule has 2 unspecified atom stereocenters. The molecule has 3 nitrogen and oxygen atoms in total. The summed E-state index contributed by atoms with van der Waals surface area (Å²) in [5.41, 5.74) is 0.503. The molecule has 0 radical (unpaired) electrons. The third kappa shape index (κ3) is 4.20. The minimum Gasteiger partial charge on any atom is -0.393 e. The first-order valence-corrected chi connectivity index (χ1v) is 9.20. The highest BCUT2D eigenvalue weighted by atomic mass is 16.3. The average molecular weight is 294 g/mol. The van der Waals surface area contributed by atoms with E-state index in [1.807, 2.05) is 6.92 Å². The lowest BCUT2D eigenvalue weighted by atomic mass is 9.70. The molecule has 0 bridgehead atoms. The molecule has 1 aliphatic heterocycles. The van der Waals surface area contributed by atoms with Crippen LogP contribution in [0.3, 0.4) is 0 Å². The van der Waals surface area contributed by atoms with Gasteiger partial charge in [0.05, 0.1) is 6.10 Å². The Hall–Kier alpha value is -0.120. The molecular formula is C18H34N2O. The zero-order valence-corrected chi connectivity index (χ0v) is 14.0. The Morgan fingerprint density at radius 2 is 1.90 bits per heavy atom. The van der Waals surface area contributed by atoms with Crippen molar-refractivity contribution < 1.29 is 5.11 Å². The van der Waals surface area contributed by atoms with Crippen LogP contribution in [-0.2, 0) is 0 Å². The van der Waals surface area contributed by atoms with Gasteiger partial charge >= 0.3 is 0 Å². The number of nitrogens with one attached hydrogen (secondary N) is 1. The van der Waals surface area contributed by atoms with E-state index in [0.29, 0.717) is 11.3 Å². The van der Waals surface area contributed by atoms with Gasteiger partial charge in [0.1, 0.15) is 0 Å². The lowest BCUT2D eigenvalue weighted by Crippen LogP contribution is -2.46. The van der Waals surface area contributed by atoms with Gasteiger partial charge in [-0.2, -0.15) is 0 Å². The molecule has 0 amide bonds. The Kier molecular flexibility index (Phi) is 4.92. The molecule has 2 N–H and O–H groups in total. The Balaban J connectivity index is 1.56. The summed E-state index contributed by atoms with van der Waals surface area (Å²) >= 11 is 0. The van der Waals surface area contributed by atoms with Crippen molar-refractivity contribution in [1.82, 2.24) is 10.2 Å². The van der Waals surface area contributed by atoms with Crippen molar-refractivity contribution in [3.05, 3.63) is 0 Å². The monoisotopic (exact) mass is 294 g/mol. The SMILES string of the molecule is CC1CCC(CNC2CC2)(CN2CCC(C(C)O)C2)CC1. The highest BCUT2D eigenvalue weighted by Crippen LogP contribution is 2.40. The number of likely N-dealkylation sites (tertiary alicyclic amines) is 1. The van der Waals surface area contributed by atoms with Gasteiger partial charge in [-0.3, -0.25) is 0 Å². The molecule has 0 spiro atoms. The van der Waals surface area contributed by atoms with E-state index in [1.165, 1.54) is 64.6 Å². The Labute approximate surface area is 130 Å². The maximum Gasteiger partial charge on any atom is 0.0552 e. The third-order valence-corrected chi connectivity index (χ3v) is 6.23. The van der Waals surface area contributed by atoms with Gasteiger partial charge < -0.3 is 15.3 Å². The maximum atomic E-state index is 9.82. The van der Waals surface area contributed by atoms with Crippen molar-refractivity contribution in [2.24, 2.45) is 17.3 Å². The van der Waals surface area contributed by atoms with E-state index >= 15 is 0 Å². The predicted octanol–water partition coefficient (Wildman–Crippen LogP) is 2.64. The van der Waals surface area contributed by atoms with E-state index in [-0.39, 0.29) is 6.10 Å². The predicted molar refractivity (Wildman–Crippen MR) is 87.3 cm³/mol. The summed E-state index contributed by atoms with van der Waals surface area (Å²) in [4.78, 5) is 2.64. The van der Waals surface area contributed by atoms with Crippen molar-refractivity contribution in [2.45, 2.75) is 70.9 Å². The van der Waals surface area contributed by atoms with Crippen LogP contribution in [0.15, 0.2) is 0 Å². The van der Waals surface area contributed by atoms with Crippen molar-refractivity contribution in [1.29, 1.82) is 0 Å². The second-order valence-electron chi connectivity index (χ2n) is 8.36. The van der Waals surface area contributed by atoms with E-state index in [4.69, 9.17) is 0 Å². The van der Waals surface area contributed by atoms with Crippen LogP contribution in [0.25, 0.3) is 0 Å². The molecule has 0 aromatic heterocycles. The molecule has 0 aromatic rings. The van der Waals surface area contributed by atoms with E-state index in [2.05, 4.69) is 17.1 Å². The molecule has 3 rings (SSSR count). The highest BCUT2D eigenvalue weighted by Gasteiger charge is 2.39. The summed E-state index contributed by atoms with van der Waals surface area (Å²) in [5.74, 6) is 1.42. The second kappa shape index (κ2) is 6.55. The Morgan fingerprint density at radius 1 is 1.19 bits per heavy atom. The minimum atomic E-state index is -0.137. The smallest absolute Gasteiger partial charge is 0.0552 e. The van der Waals surface area contributed by atoms with Crippen molar-refractivity contribution in [3.63, 3.8) is 0 Å². The summed E-state index contributed by atoms with van der Waals surface area (Å²) in [5, 5.41) is 13.6. The molecule has 3 fully saturated rings. The van der Waals surface area contributed by atoms with Gasteiger partial charge in [0, 0.05) is 25.7 Å². The van der Waals surface area contributed by atoms with Crippen LogP contribution in [0.4, 0.5) is 0 Å². The van der Waals surface area contributed by atoms with Crippen LogP contribution in [0.2, 0.25) is 0 Å². The molecule has 3 heteroatoms. The summed E-state index contributed by atoms with van der Waals surface area (Å²) in [7, 11) is 0. The highest BCUT2D eigenvalue weighted by molar-refractivity contribution is 4.94. The molecule has 2 saturated carbocycles. The Bertz CT molecular complexity index is 332. The molecule has 1 heterocycles. The summed E-state index contributed by atoms with van der Waals surface area (Å²) in [6, 6.07) is 0.824. The number of rotatable bonds is 6. The number of hydrogen-bond acceptors (Lipinski definition) is 3. The molecule has 0 aromatic carbocycles. The number of nitrogens with zero attached hydrogens (tertiary/aromatic N) is 1. The van der Waals surface area contributed by atoms with Gasteiger partial charge in [-0.1, -0.05) is 19.8 Å². The van der Waals surface area contributed by atoms with Crippen molar-refractivity contribution >= 4 is 0 Å². The van der Waals surface area contributed by atoms with Gasteiger partial charge in [0.2, 0.25) is 0 Å². The molecule has 21 heavy (non-hydrogen) atoms. The lowest BCUT2D eigenvalue weighted by Gasteiger charge is -2.42. The van der Waals surface area contributed by atoms with E-state index in [9.17, 15) is 5.11 Å². The Morgan fingerprint density at radius 3 is 2.48 bits per heavy atom. The van der Waals surface area contributed by atoms with Gasteiger partial charge in [-0.15, -0.1) is 0 Å². The van der Waals surface area contributed by atoms with Gasteiger partial charge in [0.25, 0.3) is 0 Å². The number of hydrogen-bond donors (Lipinski definition) is 2. The quantitative estimate of drug-likeness (QED) is 0.790. The van der Waals surface area contributed by atoms with Crippen LogP contribution in [0, 0.1) is 17.3 Å². The van der Waals surface area contributed by atoms with Crippen LogP contribution >= 0.6 is 0 Å². The second-order valence-corrected chi connectivity index (χ2v) is 8.36. The standard InChI is InChI=1S/C18H34N2O/c1-14-5-8-18(9-6-14,12-19-17-3-4-17)13-20-10-7-16(11-20)15(2)21/h14-17,19,21H,3-13H2,1-2H3. The van der Waals surface area contributed by atoms with Gasteiger partial charge in [0.15, 0.2) is 0 Å². The summed E-state index contributed by atoms with van der Waals surface area (Å²) in [6.45, 7) is 9.15. The molecule has 2 aliphatic carbocycles. The average Bonchev–Trinajstić information content (AvgIpc) is 3.18. The first-order valence-electron chi connectivity index (χ1n) is 9.20. The van der Waals surface area contributed by atoms with Crippen LogP contribution in [0.5, 0.6) is 0 Å². The van der Waals surface area contributed by atoms with Crippen molar-refractivity contribution in [2.75, 3.05) is 26.2 Å². The van der Waals surface area contributed by atoms with Crippen molar-refractivity contribution in [3.8, 4) is 0 Å². The molecular weight excluding hydrogens is 260 g/mol. The first-order chi connectivity index (χ1) is 10.1. The normalized spacial score (nSPS) is 39.6. The molecule has 1 saturated heterocycles. The lowest BCUT2D eigenvalue weighted by molar-refractivity contribution is 0.0854. The fourth-order valence-electron chi connectivity index (χ4n) is 4.29. The number of aliphatic hydroxyl groups excluding tert-OH is 1. The van der Waals surface area contributed by atoms with E-state index in [1.54, 1.807) is 0 Å². The maximum absolute atomic E-state index is 9.82. The molecule has 2 atom stereocenters. The molecule has 3 aliphatic rings. The van der Waals surface area contributed by atoms with Crippen LogP contribution < -0.4 is 5.32 Å². The zero-order valence-electron chi connectivity index (χ0n) is 14.0. The third-order valence-electron chi connectivity index (χ3n) is 6.23. The van der Waals surface area contributed by atoms with E-state index in [0.717, 1.165) is 18.5 Å². The van der Waals surface area contributed by atoms with E-state index < -0.39 is 0 Å². The number of aliphatic hydroxyl groups is 1. The largest absolute Gasteiger partial charge is 0.393 e. The first kappa shape index (κ1) is 15.8. The fraction of sp³-hybridized carbons (Fsp3) is 1.00. The summed E-state index contributed by atoms with van der Waals surface area (Å²) < 4.78 is 0. The topological polar surface area (TPSA) is 35.5 Å². The van der Waals surface area contributed by atoms with Crippen LogP contribution in [0.1, 0.15) is 58.8 Å². The minimum absolute atomic E-state index is 0.137.